The van der Waals surface area contributed by atoms with Gasteiger partial charge in [-0.15, -0.1) is 0 Å². The molecule has 0 radical (unpaired) electrons. The maximum atomic E-state index is 5.32. The van der Waals surface area contributed by atoms with Crippen molar-refractivity contribution in [1.82, 2.24) is 0 Å². The largest absolute Gasteiger partial charge is 0.494 e. The van der Waals surface area contributed by atoms with Crippen LogP contribution in [0.1, 0.15) is 18.4 Å². The predicted octanol–water partition coefficient (Wildman–Crippen LogP) is 2.19. The van der Waals surface area contributed by atoms with Gasteiger partial charge in [0.25, 0.3) is 0 Å². The van der Waals surface area contributed by atoms with Crippen molar-refractivity contribution in [2.75, 3.05) is 6.61 Å². The number of hydrogen-bond donors (Lipinski definition) is 0. The first-order chi connectivity index (χ1) is 5.90. The molecule has 0 saturated heterocycles. The van der Waals surface area contributed by atoms with Crippen LogP contribution in [-0.4, -0.2) is 6.61 Å². The lowest BCUT2D eigenvalue weighted by Crippen LogP contribution is -1.91. The second-order valence-corrected chi connectivity index (χ2v) is 2.72. The van der Waals surface area contributed by atoms with E-state index in [1.54, 1.807) is 0 Å². The summed E-state index contributed by atoms with van der Waals surface area (Å²) in [5.74, 6) is 7.30. The molecule has 0 spiro atoms. The van der Waals surface area contributed by atoms with Gasteiger partial charge in [-0.1, -0.05) is 24.0 Å². The first-order valence-corrected chi connectivity index (χ1v) is 4.14. The fourth-order valence-electron chi connectivity index (χ4n) is 1.13. The first kappa shape index (κ1) is 7.24. The van der Waals surface area contributed by atoms with Crippen LogP contribution in [0, 0.1) is 11.8 Å². The Labute approximate surface area is 72.4 Å². The molecule has 0 unspecified atom stereocenters. The summed E-state index contributed by atoms with van der Waals surface area (Å²) in [6.07, 6.45) is 0. The number of benzene rings is 1. The highest BCUT2D eigenvalue weighted by atomic mass is 16.5. The van der Waals surface area contributed by atoms with E-state index in [-0.39, 0.29) is 0 Å². The lowest BCUT2D eigenvalue weighted by molar-refractivity contribution is 0.340. The van der Waals surface area contributed by atoms with E-state index >= 15 is 0 Å². The van der Waals surface area contributed by atoms with Crippen LogP contribution in [-0.2, 0) is 0 Å². The molecule has 0 amide bonds. The van der Waals surface area contributed by atoms with Crippen molar-refractivity contribution in [1.29, 1.82) is 0 Å². The zero-order valence-electron chi connectivity index (χ0n) is 7.00. The van der Waals surface area contributed by atoms with Gasteiger partial charge in [0.1, 0.15) is 11.7 Å². The molecule has 0 saturated carbocycles. The molecule has 0 aliphatic heterocycles. The molecule has 1 heteroatoms. The van der Waals surface area contributed by atoms with Crippen molar-refractivity contribution in [3.63, 3.8) is 0 Å². The van der Waals surface area contributed by atoms with Crippen LogP contribution < -0.4 is 4.74 Å². The Morgan fingerprint density at radius 1 is 1.25 bits per heavy atom. The molecule has 0 atom stereocenters. The normalized spacial score (nSPS) is 13.4. The van der Waals surface area contributed by atoms with Gasteiger partial charge < -0.3 is 4.74 Å². The molecule has 12 heavy (non-hydrogen) atoms. The molecule has 0 heterocycles. The Morgan fingerprint density at radius 3 is 2.42 bits per heavy atom. The van der Waals surface area contributed by atoms with Crippen molar-refractivity contribution in [2.24, 2.45) is 0 Å². The number of ether oxygens (including phenoxy) is 1. The van der Waals surface area contributed by atoms with E-state index in [1.807, 2.05) is 19.1 Å². The Morgan fingerprint density at radius 2 is 1.92 bits per heavy atom. The topological polar surface area (TPSA) is 9.23 Å². The lowest BCUT2D eigenvalue weighted by atomic mass is 10.1. The van der Waals surface area contributed by atoms with Gasteiger partial charge in [-0.3, -0.25) is 0 Å². The molecule has 1 aromatic carbocycles. The van der Waals surface area contributed by atoms with Crippen LogP contribution in [0.3, 0.4) is 0 Å². The van der Waals surface area contributed by atoms with Crippen molar-refractivity contribution in [3.8, 4) is 17.6 Å². The zero-order chi connectivity index (χ0) is 8.39. The van der Waals surface area contributed by atoms with E-state index in [4.69, 9.17) is 4.74 Å². The minimum atomic E-state index is 0.348. The van der Waals surface area contributed by atoms with E-state index in [0.717, 1.165) is 12.4 Å². The number of hydrogen-bond acceptors (Lipinski definition) is 1. The minimum Gasteiger partial charge on any atom is -0.494 e. The molecule has 1 aromatic rings. The minimum absolute atomic E-state index is 0.348. The molecule has 1 nitrogen and oxygen atoms in total. The molecule has 1 aliphatic carbocycles. The smallest absolute Gasteiger partial charge is 0.119 e. The summed E-state index contributed by atoms with van der Waals surface area (Å²) in [6.45, 7) is 2.71. The Hall–Kier alpha value is -1.42. The highest BCUT2D eigenvalue weighted by molar-refractivity contribution is 5.48. The summed E-state index contributed by atoms with van der Waals surface area (Å²) >= 11 is 0. The predicted molar refractivity (Wildman–Crippen MR) is 48.1 cm³/mol. The second-order valence-electron chi connectivity index (χ2n) is 2.72. The molecule has 2 rings (SSSR count). The van der Waals surface area contributed by atoms with Gasteiger partial charge >= 0.3 is 0 Å². The van der Waals surface area contributed by atoms with Gasteiger partial charge in [0.2, 0.25) is 0 Å². The summed E-state index contributed by atoms with van der Waals surface area (Å²) in [6, 6.07) is 8.09. The van der Waals surface area contributed by atoms with E-state index in [1.165, 1.54) is 5.56 Å². The average molecular weight is 158 g/mol. The van der Waals surface area contributed by atoms with Gasteiger partial charge in [-0.05, 0) is 24.6 Å². The zero-order valence-corrected chi connectivity index (χ0v) is 7.00. The van der Waals surface area contributed by atoms with Crippen LogP contribution in [0.5, 0.6) is 5.75 Å². The highest BCUT2D eigenvalue weighted by Gasteiger charge is 2.12. The molecule has 1 aliphatic rings. The van der Waals surface area contributed by atoms with E-state index in [2.05, 4.69) is 24.0 Å². The van der Waals surface area contributed by atoms with Gasteiger partial charge in [-0.25, -0.2) is 0 Å². The molecule has 0 fully saturated rings. The quantitative estimate of drug-likeness (QED) is 0.613. The van der Waals surface area contributed by atoms with Crippen LogP contribution in [0.25, 0.3) is 0 Å². The summed E-state index contributed by atoms with van der Waals surface area (Å²) < 4.78 is 5.32. The third-order valence-electron chi connectivity index (χ3n) is 1.81. The van der Waals surface area contributed by atoms with E-state index in [0.29, 0.717) is 5.92 Å². The molecule has 0 aromatic heterocycles. The third kappa shape index (κ3) is 1.43. The number of rotatable bonds is 3. The average Bonchev–Trinajstić information content (AvgIpc) is 2.89. The molecule has 0 bridgehead atoms. The maximum Gasteiger partial charge on any atom is 0.119 e. The Balaban J connectivity index is 2.08. The van der Waals surface area contributed by atoms with Gasteiger partial charge in [0, 0.05) is 0 Å². The van der Waals surface area contributed by atoms with E-state index in [9.17, 15) is 0 Å². The lowest BCUT2D eigenvalue weighted by Gasteiger charge is -2.02. The summed E-state index contributed by atoms with van der Waals surface area (Å²) in [5.41, 5.74) is 1.25. The fraction of sp³-hybridized carbons (Fsp3) is 0.273. The molecular formula is C11H10O. The second kappa shape index (κ2) is 2.91. The summed E-state index contributed by atoms with van der Waals surface area (Å²) in [7, 11) is 0. The van der Waals surface area contributed by atoms with Crippen LogP contribution in [0.4, 0.5) is 0 Å². The van der Waals surface area contributed by atoms with E-state index < -0.39 is 0 Å². The molecular weight excluding hydrogens is 148 g/mol. The van der Waals surface area contributed by atoms with Crippen LogP contribution in [0.15, 0.2) is 24.3 Å². The van der Waals surface area contributed by atoms with Crippen molar-refractivity contribution in [2.45, 2.75) is 12.8 Å². The van der Waals surface area contributed by atoms with Gasteiger partial charge in [-0.2, -0.15) is 0 Å². The Bertz CT molecular complexity index is 318. The van der Waals surface area contributed by atoms with Crippen LogP contribution >= 0.6 is 0 Å². The van der Waals surface area contributed by atoms with Crippen LogP contribution in [0.2, 0.25) is 0 Å². The van der Waals surface area contributed by atoms with Gasteiger partial charge in [0.15, 0.2) is 0 Å². The summed E-state index contributed by atoms with van der Waals surface area (Å²) in [5, 5.41) is 0. The fourth-order valence-corrected chi connectivity index (χ4v) is 1.13. The standard InChI is InChI=1S/C11H10O/c1-2-12-11-7-5-10(6-8-11)9-3-4-9/h5-9H,2H2,1H3. The van der Waals surface area contributed by atoms with Crippen molar-refractivity contribution < 1.29 is 4.74 Å². The first-order valence-electron chi connectivity index (χ1n) is 4.14. The van der Waals surface area contributed by atoms with Crippen molar-refractivity contribution in [3.05, 3.63) is 29.8 Å². The third-order valence-corrected chi connectivity index (χ3v) is 1.81. The SMILES string of the molecule is CCOc1ccc(C2C#C2)cc1. The summed E-state index contributed by atoms with van der Waals surface area (Å²) in [4.78, 5) is 0. The van der Waals surface area contributed by atoms with Gasteiger partial charge in [0.05, 0.1) is 6.61 Å². The highest BCUT2D eigenvalue weighted by Crippen LogP contribution is 2.23. The molecule has 60 valence electrons. The van der Waals surface area contributed by atoms with Crippen molar-refractivity contribution >= 4 is 0 Å². The maximum absolute atomic E-state index is 5.32. The molecule has 0 N–H and O–H groups in total. The monoisotopic (exact) mass is 158 g/mol. The Kier molecular flexibility index (Phi) is 1.75.